The van der Waals surface area contributed by atoms with Crippen molar-refractivity contribution in [3.63, 3.8) is 0 Å². The van der Waals surface area contributed by atoms with Gasteiger partial charge in [0.05, 0.1) is 22.3 Å². The second kappa shape index (κ2) is 4.03. The van der Waals surface area contributed by atoms with Gasteiger partial charge in [0, 0.05) is 10.6 Å². The monoisotopic (exact) mass is 233 g/mol. The van der Waals surface area contributed by atoms with Crippen LogP contribution in [0.2, 0.25) is 0 Å². The Balaban J connectivity index is 2.45. The van der Waals surface area contributed by atoms with E-state index in [1.54, 1.807) is 0 Å². The Hall–Kier alpha value is -1.14. The molecule has 0 N–H and O–H groups in total. The van der Waals surface area contributed by atoms with E-state index in [-0.39, 0.29) is 5.41 Å². The predicted octanol–water partition coefficient (Wildman–Crippen LogP) is 2.68. The van der Waals surface area contributed by atoms with Crippen LogP contribution in [-0.4, -0.2) is 9.96 Å². The van der Waals surface area contributed by atoms with Gasteiger partial charge in [-0.2, -0.15) is 5.26 Å². The van der Waals surface area contributed by atoms with Gasteiger partial charge >= 0.3 is 0 Å². The molecule has 1 unspecified atom stereocenters. The predicted molar refractivity (Wildman–Crippen MR) is 64.7 cm³/mol. The highest BCUT2D eigenvalue weighted by Gasteiger charge is 2.45. The molecule has 2 nitrogen and oxygen atoms in total. The summed E-state index contributed by atoms with van der Waals surface area (Å²) in [7, 11) is -0.931. The molecule has 0 heterocycles. The molecule has 0 amide bonds. The van der Waals surface area contributed by atoms with Crippen molar-refractivity contribution in [1.82, 2.24) is 0 Å². The van der Waals surface area contributed by atoms with Gasteiger partial charge in [-0.05, 0) is 37.0 Å². The average molecular weight is 233 g/mol. The van der Waals surface area contributed by atoms with Gasteiger partial charge in [0.25, 0.3) is 0 Å². The Labute approximate surface area is 98.7 Å². The fraction of sp³-hybridized carbons (Fsp3) is 0.462. The minimum Gasteiger partial charge on any atom is -0.254 e. The minimum atomic E-state index is -0.931. The summed E-state index contributed by atoms with van der Waals surface area (Å²) in [5, 5.41) is 9.14. The van der Waals surface area contributed by atoms with Crippen LogP contribution in [0.1, 0.15) is 30.9 Å². The highest BCUT2D eigenvalue weighted by Crippen LogP contribution is 2.47. The first kappa shape index (κ1) is 11.3. The second-order valence-electron chi connectivity index (χ2n) is 4.31. The van der Waals surface area contributed by atoms with Gasteiger partial charge < -0.3 is 0 Å². The van der Waals surface area contributed by atoms with Crippen LogP contribution >= 0.6 is 0 Å². The molecule has 2 rings (SSSR count). The molecule has 0 aromatic heterocycles. The molecule has 0 radical (unpaired) electrons. The quantitative estimate of drug-likeness (QED) is 0.805. The molecule has 1 fully saturated rings. The molecule has 1 aromatic carbocycles. The Kier molecular flexibility index (Phi) is 2.86. The number of benzene rings is 1. The number of aryl methyl sites for hydroxylation is 1. The molecule has 0 spiro atoms. The van der Waals surface area contributed by atoms with Gasteiger partial charge in [-0.3, -0.25) is 4.21 Å². The number of nitriles is 1. The molecule has 1 atom stereocenters. The molecule has 0 bridgehead atoms. The van der Waals surface area contributed by atoms with E-state index in [1.807, 2.05) is 32.0 Å². The minimum absolute atomic E-state index is 0.277. The Morgan fingerprint density at radius 2 is 2.19 bits per heavy atom. The van der Waals surface area contributed by atoms with Crippen molar-refractivity contribution in [3.8, 4) is 6.07 Å². The summed E-state index contributed by atoms with van der Waals surface area (Å²) in [6.07, 6.45) is 1.87. The molecule has 1 saturated carbocycles. The molecule has 16 heavy (non-hydrogen) atoms. The SMILES string of the molecule is CCS(=O)c1cc(C2(C#N)CC2)ccc1C. The lowest BCUT2D eigenvalue weighted by Crippen LogP contribution is -2.05. The van der Waals surface area contributed by atoms with Crippen LogP contribution in [0.5, 0.6) is 0 Å². The van der Waals surface area contributed by atoms with Gasteiger partial charge in [-0.25, -0.2) is 0 Å². The molecule has 1 aliphatic rings. The first-order valence-electron chi connectivity index (χ1n) is 5.54. The standard InChI is InChI=1S/C13H15NOS/c1-3-16(15)12-8-11(5-4-10(12)2)13(9-14)6-7-13/h4-5,8H,3,6-7H2,1-2H3. The van der Waals surface area contributed by atoms with Crippen molar-refractivity contribution in [2.24, 2.45) is 0 Å². The summed E-state index contributed by atoms with van der Waals surface area (Å²) in [4.78, 5) is 0.890. The smallest absolute Gasteiger partial charge is 0.0824 e. The molecule has 0 saturated heterocycles. The van der Waals surface area contributed by atoms with Crippen LogP contribution in [0, 0.1) is 18.3 Å². The largest absolute Gasteiger partial charge is 0.254 e. The summed E-state index contributed by atoms with van der Waals surface area (Å²) in [6, 6.07) is 8.32. The van der Waals surface area contributed by atoms with E-state index >= 15 is 0 Å². The van der Waals surface area contributed by atoms with Crippen molar-refractivity contribution >= 4 is 10.8 Å². The van der Waals surface area contributed by atoms with Crippen LogP contribution in [-0.2, 0) is 16.2 Å². The molecule has 3 heteroatoms. The van der Waals surface area contributed by atoms with E-state index in [2.05, 4.69) is 6.07 Å². The summed E-state index contributed by atoms with van der Waals surface area (Å²) < 4.78 is 11.9. The van der Waals surface area contributed by atoms with Gasteiger partial charge in [0.1, 0.15) is 0 Å². The average Bonchev–Trinajstić information content (AvgIpc) is 3.09. The van der Waals surface area contributed by atoms with E-state index in [0.717, 1.165) is 28.9 Å². The zero-order valence-electron chi connectivity index (χ0n) is 9.62. The second-order valence-corrected chi connectivity index (χ2v) is 6.02. The van der Waals surface area contributed by atoms with Gasteiger partial charge in [0.15, 0.2) is 0 Å². The maximum absolute atomic E-state index is 11.9. The van der Waals surface area contributed by atoms with Gasteiger partial charge in [-0.1, -0.05) is 19.1 Å². The normalized spacial score (nSPS) is 18.8. The van der Waals surface area contributed by atoms with Crippen LogP contribution in [0.25, 0.3) is 0 Å². The zero-order chi connectivity index (χ0) is 11.8. The van der Waals surface area contributed by atoms with Gasteiger partial charge in [0.2, 0.25) is 0 Å². The number of hydrogen-bond acceptors (Lipinski definition) is 2. The number of nitrogens with zero attached hydrogens (tertiary/aromatic N) is 1. The third kappa shape index (κ3) is 1.78. The van der Waals surface area contributed by atoms with Crippen molar-refractivity contribution < 1.29 is 4.21 Å². The first-order chi connectivity index (χ1) is 7.63. The van der Waals surface area contributed by atoms with E-state index in [1.165, 1.54) is 0 Å². The third-order valence-electron chi connectivity index (χ3n) is 3.21. The van der Waals surface area contributed by atoms with Crippen molar-refractivity contribution in [2.45, 2.75) is 37.0 Å². The van der Waals surface area contributed by atoms with E-state index in [0.29, 0.717) is 5.75 Å². The summed E-state index contributed by atoms with van der Waals surface area (Å²) in [5.74, 6) is 0.629. The Bertz CT molecular complexity index is 483. The fourth-order valence-electron chi connectivity index (χ4n) is 1.89. The summed E-state index contributed by atoms with van der Waals surface area (Å²) >= 11 is 0. The maximum Gasteiger partial charge on any atom is 0.0824 e. The lowest BCUT2D eigenvalue weighted by atomic mass is 9.97. The number of rotatable bonds is 3. The highest BCUT2D eigenvalue weighted by atomic mass is 32.2. The molecule has 84 valence electrons. The highest BCUT2D eigenvalue weighted by molar-refractivity contribution is 7.85. The van der Waals surface area contributed by atoms with Crippen LogP contribution in [0.4, 0.5) is 0 Å². The topological polar surface area (TPSA) is 40.9 Å². The lowest BCUT2D eigenvalue weighted by molar-refractivity contribution is 0.683. The van der Waals surface area contributed by atoms with Crippen LogP contribution in [0.15, 0.2) is 23.1 Å². The van der Waals surface area contributed by atoms with Crippen LogP contribution in [0.3, 0.4) is 0 Å². The summed E-state index contributed by atoms with van der Waals surface area (Å²) in [5.41, 5.74) is 1.82. The van der Waals surface area contributed by atoms with E-state index < -0.39 is 10.8 Å². The van der Waals surface area contributed by atoms with Crippen molar-refractivity contribution in [1.29, 1.82) is 5.26 Å². The van der Waals surface area contributed by atoms with Crippen molar-refractivity contribution in [3.05, 3.63) is 29.3 Å². The lowest BCUT2D eigenvalue weighted by Gasteiger charge is -2.10. The molecule has 1 aliphatic carbocycles. The van der Waals surface area contributed by atoms with Gasteiger partial charge in [-0.15, -0.1) is 0 Å². The van der Waals surface area contributed by atoms with E-state index in [9.17, 15) is 4.21 Å². The van der Waals surface area contributed by atoms with Crippen molar-refractivity contribution in [2.75, 3.05) is 5.75 Å². The van der Waals surface area contributed by atoms with Crippen LogP contribution < -0.4 is 0 Å². The molecule has 1 aromatic rings. The maximum atomic E-state index is 11.9. The Morgan fingerprint density at radius 3 is 2.69 bits per heavy atom. The number of hydrogen-bond donors (Lipinski definition) is 0. The molecular formula is C13H15NOS. The summed E-state index contributed by atoms with van der Waals surface area (Å²) in [6.45, 7) is 3.89. The Morgan fingerprint density at radius 1 is 1.50 bits per heavy atom. The zero-order valence-corrected chi connectivity index (χ0v) is 10.4. The first-order valence-corrected chi connectivity index (χ1v) is 6.85. The fourth-order valence-corrected chi connectivity index (χ4v) is 2.89. The molecule has 0 aliphatic heterocycles. The molecular weight excluding hydrogens is 218 g/mol. The third-order valence-corrected chi connectivity index (χ3v) is 4.67. The van der Waals surface area contributed by atoms with E-state index in [4.69, 9.17) is 5.26 Å².